The van der Waals surface area contributed by atoms with Gasteiger partial charge in [0, 0.05) is 11.1 Å². The molecule has 102 valence electrons. The molecule has 2 aliphatic rings. The van der Waals surface area contributed by atoms with Gasteiger partial charge in [-0.15, -0.1) is 0 Å². The van der Waals surface area contributed by atoms with Crippen LogP contribution >= 0.6 is 0 Å². The van der Waals surface area contributed by atoms with E-state index in [1.54, 1.807) is 0 Å². The quantitative estimate of drug-likeness (QED) is 0.656. The molecular formula is C13H15NO4S. The fourth-order valence-electron chi connectivity index (χ4n) is 2.72. The van der Waals surface area contributed by atoms with Gasteiger partial charge in [0.1, 0.15) is 11.9 Å². The van der Waals surface area contributed by atoms with Crippen molar-refractivity contribution >= 4 is 15.5 Å². The molecule has 0 spiro atoms. The Labute approximate surface area is 111 Å². The highest BCUT2D eigenvalue weighted by Crippen LogP contribution is 2.32. The Bertz CT molecular complexity index is 636. The normalized spacial score (nSPS) is 26.5. The number of hydrogen-bond acceptors (Lipinski definition) is 5. The third-order valence-electron chi connectivity index (χ3n) is 3.66. The summed E-state index contributed by atoms with van der Waals surface area (Å²) in [6, 6.07) is 5.59. The molecular weight excluding hydrogens is 266 g/mol. The molecule has 19 heavy (non-hydrogen) atoms. The van der Waals surface area contributed by atoms with E-state index in [1.165, 1.54) is 0 Å². The summed E-state index contributed by atoms with van der Waals surface area (Å²) in [7, 11) is -2.93. The lowest BCUT2D eigenvalue weighted by Gasteiger charge is -2.15. The minimum absolute atomic E-state index is 0.0949. The summed E-state index contributed by atoms with van der Waals surface area (Å²) in [6.07, 6.45) is 1.75. The second kappa shape index (κ2) is 4.52. The first kappa shape index (κ1) is 12.5. The summed E-state index contributed by atoms with van der Waals surface area (Å²) in [6.45, 7) is 0. The van der Waals surface area contributed by atoms with Gasteiger partial charge >= 0.3 is 0 Å². The molecule has 1 aliphatic heterocycles. The van der Waals surface area contributed by atoms with Crippen LogP contribution in [0.1, 0.15) is 24.0 Å². The Hall–Kier alpha value is -1.56. The molecule has 5 nitrogen and oxygen atoms in total. The minimum Gasteiger partial charge on any atom is -0.489 e. The molecule has 1 saturated heterocycles. The second-order valence-electron chi connectivity index (χ2n) is 4.97. The zero-order valence-electron chi connectivity index (χ0n) is 10.4. The van der Waals surface area contributed by atoms with Crippen LogP contribution in [-0.4, -0.2) is 36.9 Å². The summed E-state index contributed by atoms with van der Waals surface area (Å²) >= 11 is 0. The largest absolute Gasteiger partial charge is 0.489 e. The third-order valence-corrected chi connectivity index (χ3v) is 5.40. The van der Waals surface area contributed by atoms with Gasteiger partial charge in [-0.3, -0.25) is 0 Å². The van der Waals surface area contributed by atoms with Gasteiger partial charge in [-0.25, -0.2) is 8.42 Å². The Morgan fingerprint density at radius 3 is 2.84 bits per heavy atom. The molecule has 0 bridgehead atoms. The maximum Gasteiger partial charge on any atom is 0.154 e. The van der Waals surface area contributed by atoms with Gasteiger partial charge in [-0.1, -0.05) is 17.3 Å². The van der Waals surface area contributed by atoms with E-state index in [0.29, 0.717) is 18.6 Å². The third kappa shape index (κ3) is 2.32. The number of oxime groups is 1. The van der Waals surface area contributed by atoms with Crippen molar-refractivity contribution in [1.82, 2.24) is 0 Å². The van der Waals surface area contributed by atoms with E-state index in [2.05, 4.69) is 5.16 Å². The van der Waals surface area contributed by atoms with Crippen molar-refractivity contribution in [2.45, 2.75) is 25.4 Å². The summed E-state index contributed by atoms with van der Waals surface area (Å²) in [4.78, 5) is 0. The first-order valence-electron chi connectivity index (χ1n) is 6.29. The van der Waals surface area contributed by atoms with Gasteiger partial charge in [0.15, 0.2) is 9.84 Å². The number of hydrogen-bond donors (Lipinski definition) is 1. The van der Waals surface area contributed by atoms with Crippen molar-refractivity contribution in [3.05, 3.63) is 29.3 Å². The lowest BCUT2D eigenvalue weighted by Crippen LogP contribution is -2.18. The van der Waals surface area contributed by atoms with Crippen LogP contribution in [0.2, 0.25) is 0 Å². The first-order chi connectivity index (χ1) is 9.09. The summed E-state index contributed by atoms with van der Waals surface area (Å²) in [5, 5.41) is 12.2. The molecule has 3 rings (SSSR count). The van der Waals surface area contributed by atoms with E-state index in [-0.39, 0.29) is 17.6 Å². The molecule has 1 aromatic carbocycles. The van der Waals surface area contributed by atoms with Gasteiger partial charge in [0.2, 0.25) is 0 Å². The smallest absolute Gasteiger partial charge is 0.154 e. The monoisotopic (exact) mass is 281 g/mol. The molecule has 1 heterocycles. The van der Waals surface area contributed by atoms with Crippen LogP contribution < -0.4 is 4.74 Å². The van der Waals surface area contributed by atoms with Crippen molar-refractivity contribution in [3.8, 4) is 5.75 Å². The molecule has 0 radical (unpaired) electrons. The number of nitrogens with zero attached hydrogens (tertiary/aromatic N) is 1. The average molecular weight is 281 g/mol. The molecule has 1 unspecified atom stereocenters. The number of sulfone groups is 1. The number of rotatable bonds is 2. The van der Waals surface area contributed by atoms with E-state index < -0.39 is 9.84 Å². The summed E-state index contributed by atoms with van der Waals surface area (Å²) in [5.74, 6) is 1.02. The van der Waals surface area contributed by atoms with Crippen LogP contribution in [0.4, 0.5) is 0 Å². The van der Waals surface area contributed by atoms with Crippen molar-refractivity contribution in [1.29, 1.82) is 0 Å². The van der Waals surface area contributed by atoms with Crippen molar-refractivity contribution in [2.24, 2.45) is 5.16 Å². The van der Waals surface area contributed by atoms with Crippen LogP contribution in [-0.2, 0) is 16.3 Å². The Kier molecular flexibility index (Phi) is 2.97. The van der Waals surface area contributed by atoms with Gasteiger partial charge in [0.25, 0.3) is 0 Å². The topological polar surface area (TPSA) is 76.0 Å². The first-order valence-corrected chi connectivity index (χ1v) is 8.11. The van der Waals surface area contributed by atoms with Crippen LogP contribution in [0.3, 0.4) is 0 Å². The highest BCUT2D eigenvalue weighted by molar-refractivity contribution is 7.91. The number of ether oxygens (including phenoxy) is 1. The van der Waals surface area contributed by atoms with E-state index in [1.807, 2.05) is 18.2 Å². The summed E-state index contributed by atoms with van der Waals surface area (Å²) in [5.41, 5.74) is 2.58. The zero-order chi connectivity index (χ0) is 13.5. The number of fused-ring (bicyclic) bond motifs is 1. The molecule has 1 atom stereocenters. The van der Waals surface area contributed by atoms with Gasteiger partial charge in [-0.05, 0) is 25.3 Å². The summed E-state index contributed by atoms with van der Waals surface area (Å²) < 4.78 is 28.7. The minimum atomic E-state index is -2.93. The maximum atomic E-state index is 11.4. The van der Waals surface area contributed by atoms with Gasteiger partial charge in [-0.2, -0.15) is 0 Å². The predicted octanol–water partition coefficient (Wildman–Crippen LogP) is 1.38. The van der Waals surface area contributed by atoms with Crippen molar-refractivity contribution in [2.75, 3.05) is 11.5 Å². The highest BCUT2D eigenvalue weighted by Gasteiger charge is 2.31. The molecule has 0 aromatic heterocycles. The average Bonchev–Trinajstić information content (AvgIpc) is 2.93. The van der Waals surface area contributed by atoms with Crippen LogP contribution in [0.5, 0.6) is 5.75 Å². The molecule has 1 aromatic rings. The Morgan fingerprint density at radius 1 is 1.32 bits per heavy atom. The number of benzene rings is 1. The van der Waals surface area contributed by atoms with E-state index in [4.69, 9.17) is 9.94 Å². The van der Waals surface area contributed by atoms with Crippen molar-refractivity contribution in [3.63, 3.8) is 0 Å². The Balaban J connectivity index is 1.86. The zero-order valence-corrected chi connectivity index (χ0v) is 11.2. The lowest BCUT2D eigenvalue weighted by atomic mass is 10.1. The predicted molar refractivity (Wildman–Crippen MR) is 70.8 cm³/mol. The second-order valence-corrected chi connectivity index (χ2v) is 7.20. The molecule has 1 N–H and O–H groups in total. The van der Waals surface area contributed by atoms with Gasteiger partial charge < -0.3 is 9.94 Å². The molecule has 1 fully saturated rings. The fraction of sp³-hybridized carbons (Fsp3) is 0.462. The van der Waals surface area contributed by atoms with Crippen LogP contribution in [0.25, 0.3) is 0 Å². The highest BCUT2D eigenvalue weighted by atomic mass is 32.2. The standard InChI is InChI=1S/C13H15NO4S/c15-14-12-5-4-11-10(12)2-1-3-13(11)18-9-6-7-19(16,17)8-9/h1-3,9,15H,4-8H2. The fourth-order valence-corrected chi connectivity index (χ4v) is 4.31. The van der Waals surface area contributed by atoms with Gasteiger partial charge in [0.05, 0.1) is 17.2 Å². The van der Waals surface area contributed by atoms with E-state index in [9.17, 15) is 8.42 Å². The Morgan fingerprint density at radius 2 is 2.16 bits per heavy atom. The molecule has 1 aliphatic carbocycles. The van der Waals surface area contributed by atoms with Crippen molar-refractivity contribution < 1.29 is 18.4 Å². The van der Waals surface area contributed by atoms with Crippen LogP contribution in [0.15, 0.2) is 23.4 Å². The molecule has 0 saturated carbocycles. The maximum absolute atomic E-state index is 11.4. The van der Waals surface area contributed by atoms with E-state index in [0.717, 1.165) is 23.3 Å². The molecule has 0 amide bonds. The van der Waals surface area contributed by atoms with E-state index >= 15 is 0 Å². The molecule has 6 heteroatoms. The SMILES string of the molecule is O=S1(=O)CCC(Oc2cccc3c2CCC3=NO)C1. The lowest BCUT2D eigenvalue weighted by molar-refractivity contribution is 0.227. The van der Waals surface area contributed by atoms with Crippen LogP contribution in [0, 0.1) is 0 Å².